The number of carbonyl (C=O) groups excluding carboxylic acids is 1. The average Bonchev–Trinajstić information content (AvgIpc) is 2.98. The van der Waals surface area contributed by atoms with Crippen molar-refractivity contribution >= 4 is 11.9 Å². The molecule has 0 spiro atoms. The molecule has 5 nitrogen and oxygen atoms in total. The number of ether oxygens (including phenoxy) is 1. The number of fused-ring (bicyclic) bond motifs is 2. The molecule has 2 N–H and O–H groups in total. The van der Waals surface area contributed by atoms with Crippen molar-refractivity contribution in [2.24, 2.45) is 23.7 Å². The van der Waals surface area contributed by atoms with Gasteiger partial charge in [-0.05, 0) is 38.0 Å². The van der Waals surface area contributed by atoms with Crippen molar-refractivity contribution in [3.63, 3.8) is 0 Å². The summed E-state index contributed by atoms with van der Waals surface area (Å²) in [6.45, 7) is 2.66. The van der Waals surface area contributed by atoms with E-state index in [-0.39, 0.29) is 29.9 Å². The van der Waals surface area contributed by atoms with Crippen molar-refractivity contribution in [1.82, 2.24) is 5.32 Å². The van der Waals surface area contributed by atoms with E-state index in [1.54, 1.807) is 0 Å². The summed E-state index contributed by atoms with van der Waals surface area (Å²) in [6, 6.07) is 0.115. The first-order chi connectivity index (χ1) is 9.56. The van der Waals surface area contributed by atoms with E-state index in [1.807, 2.05) is 19.1 Å². The molecule has 110 valence electrons. The Morgan fingerprint density at radius 2 is 1.90 bits per heavy atom. The lowest BCUT2D eigenvalue weighted by Gasteiger charge is -2.31. The van der Waals surface area contributed by atoms with E-state index in [0.717, 1.165) is 19.3 Å². The van der Waals surface area contributed by atoms with Gasteiger partial charge in [0.25, 0.3) is 0 Å². The minimum Gasteiger partial charge on any atom is -0.481 e. The minimum absolute atomic E-state index is 0.0295. The third-order valence-electron chi connectivity index (χ3n) is 4.88. The standard InChI is InChI=1S/C15H21NO4/c1-8-6-11(4-5-20-8)16-14(17)12-9-2-3-10(7-9)13(12)15(18)19/h2-3,8-13H,4-7H2,1H3,(H,16,17)(H,18,19)/t8?,9?,10?,11?,12-,13+/m0/s1. The Balaban J connectivity index is 1.67. The number of hydrogen-bond acceptors (Lipinski definition) is 3. The lowest BCUT2D eigenvalue weighted by molar-refractivity contribution is -0.148. The van der Waals surface area contributed by atoms with Crippen LogP contribution in [0.5, 0.6) is 0 Å². The summed E-state index contributed by atoms with van der Waals surface area (Å²) >= 11 is 0. The second-order valence-electron chi connectivity index (χ2n) is 6.25. The van der Waals surface area contributed by atoms with Crippen LogP contribution in [0.3, 0.4) is 0 Å². The van der Waals surface area contributed by atoms with Crippen LogP contribution in [0.2, 0.25) is 0 Å². The van der Waals surface area contributed by atoms with Crippen molar-refractivity contribution in [1.29, 1.82) is 0 Å². The molecular weight excluding hydrogens is 258 g/mol. The Kier molecular flexibility index (Phi) is 3.54. The van der Waals surface area contributed by atoms with Crippen molar-refractivity contribution in [2.45, 2.75) is 38.3 Å². The van der Waals surface area contributed by atoms with E-state index in [9.17, 15) is 14.7 Å². The lowest BCUT2D eigenvalue weighted by atomic mass is 9.82. The highest BCUT2D eigenvalue weighted by Gasteiger charge is 2.51. The van der Waals surface area contributed by atoms with E-state index in [1.165, 1.54) is 0 Å². The monoisotopic (exact) mass is 279 g/mol. The van der Waals surface area contributed by atoms with E-state index in [0.29, 0.717) is 6.61 Å². The summed E-state index contributed by atoms with van der Waals surface area (Å²) in [7, 11) is 0. The number of rotatable bonds is 3. The van der Waals surface area contributed by atoms with Gasteiger partial charge < -0.3 is 15.2 Å². The van der Waals surface area contributed by atoms with Crippen LogP contribution in [0.25, 0.3) is 0 Å². The number of carboxylic acids is 1. The Morgan fingerprint density at radius 3 is 2.55 bits per heavy atom. The fourth-order valence-corrected chi connectivity index (χ4v) is 3.94. The Morgan fingerprint density at radius 1 is 1.20 bits per heavy atom. The lowest BCUT2D eigenvalue weighted by Crippen LogP contribution is -2.47. The van der Waals surface area contributed by atoms with Crippen LogP contribution in [0.15, 0.2) is 12.2 Å². The van der Waals surface area contributed by atoms with Crippen molar-refractivity contribution < 1.29 is 19.4 Å². The molecule has 3 rings (SSSR count). The SMILES string of the molecule is CC1CC(NC(=O)[C@H]2C3C=CC(C3)[C@H]2C(=O)O)CCO1. The maximum atomic E-state index is 12.5. The number of aliphatic carboxylic acids is 1. The fraction of sp³-hybridized carbons (Fsp3) is 0.733. The average molecular weight is 279 g/mol. The van der Waals surface area contributed by atoms with Crippen LogP contribution in [-0.2, 0) is 14.3 Å². The number of carboxylic acid groups (broad SMARTS) is 1. The number of carbonyl (C=O) groups is 2. The molecule has 2 bridgehead atoms. The highest BCUT2D eigenvalue weighted by molar-refractivity contribution is 5.87. The van der Waals surface area contributed by atoms with Gasteiger partial charge in [0.15, 0.2) is 0 Å². The maximum Gasteiger partial charge on any atom is 0.307 e. The van der Waals surface area contributed by atoms with Crippen molar-refractivity contribution in [3.8, 4) is 0 Å². The highest BCUT2D eigenvalue weighted by atomic mass is 16.5. The fourth-order valence-electron chi connectivity index (χ4n) is 3.94. The van der Waals surface area contributed by atoms with Gasteiger partial charge in [-0.1, -0.05) is 12.2 Å². The number of allylic oxidation sites excluding steroid dienone is 2. The Bertz CT molecular complexity index is 447. The number of hydrogen-bond donors (Lipinski definition) is 2. The van der Waals surface area contributed by atoms with Gasteiger partial charge in [0.2, 0.25) is 5.91 Å². The largest absolute Gasteiger partial charge is 0.481 e. The summed E-state index contributed by atoms with van der Waals surface area (Å²) in [4.78, 5) is 23.9. The van der Waals surface area contributed by atoms with E-state index < -0.39 is 17.8 Å². The molecule has 1 amide bonds. The quantitative estimate of drug-likeness (QED) is 0.761. The van der Waals surface area contributed by atoms with Crippen LogP contribution in [-0.4, -0.2) is 35.7 Å². The predicted molar refractivity (Wildman–Crippen MR) is 71.9 cm³/mol. The maximum absolute atomic E-state index is 12.5. The molecule has 1 heterocycles. The molecule has 6 atom stereocenters. The van der Waals surface area contributed by atoms with Gasteiger partial charge in [-0.2, -0.15) is 0 Å². The van der Waals surface area contributed by atoms with Gasteiger partial charge in [-0.25, -0.2) is 0 Å². The van der Waals surface area contributed by atoms with Gasteiger partial charge in [0, 0.05) is 12.6 Å². The normalized spacial score (nSPS) is 42.6. The summed E-state index contributed by atoms with van der Waals surface area (Å²) in [5.74, 6) is -1.76. The molecule has 0 aromatic carbocycles. The smallest absolute Gasteiger partial charge is 0.307 e. The van der Waals surface area contributed by atoms with E-state index in [4.69, 9.17) is 4.74 Å². The Labute approximate surface area is 118 Å². The van der Waals surface area contributed by atoms with Crippen LogP contribution in [0, 0.1) is 23.7 Å². The third-order valence-corrected chi connectivity index (χ3v) is 4.88. The molecule has 20 heavy (non-hydrogen) atoms. The molecule has 1 aliphatic heterocycles. The summed E-state index contributed by atoms with van der Waals surface area (Å²) in [5.41, 5.74) is 0. The first-order valence-electron chi connectivity index (χ1n) is 7.39. The molecule has 2 fully saturated rings. The second kappa shape index (κ2) is 5.20. The molecular formula is C15H21NO4. The second-order valence-corrected chi connectivity index (χ2v) is 6.25. The van der Waals surface area contributed by atoms with Crippen LogP contribution in [0.1, 0.15) is 26.2 Å². The first-order valence-corrected chi connectivity index (χ1v) is 7.39. The molecule has 0 aromatic heterocycles. The zero-order valence-corrected chi connectivity index (χ0v) is 11.6. The molecule has 2 aliphatic carbocycles. The van der Waals surface area contributed by atoms with Crippen LogP contribution < -0.4 is 5.32 Å². The zero-order chi connectivity index (χ0) is 14.3. The topological polar surface area (TPSA) is 75.6 Å². The number of nitrogens with one attached hydrogen (secondary N) is 1. The third kappa shape index (κ3) is 2.35. The van der Waals surface area contributed by atoms with Gasteiger partial charge in [-0.15, -0.1) is 0 Å². The highest BCUT2D eigenvalue weighted by Crippen LogP contribution is 2.48. The van der Waals surface area contributed by atoms with Gasteiger partial charge >= 0.3 is 5.97 Å². The zero-order valence-electron chi connectivity index (χ0n) is 11.6. The van der Waals surface area contributed by atoms with E-state index in [2.05, 4.69) is 5.32 Å². The van der Waals surface area contributed by atoms with E-state index >= 15 is 0 Å². The molecule has 1 saturated carbocycles. The van der Waals surface area contributed by atoms with Crippen LogP contribution in [0.4, 0.5) is 0 Å². The Hall–Kier alpha value is -1.36. The molecule has 0 aromatic rings. The first kappa shape index (κ1) is 13.6. The van der Waals surface area contributed by atoms with Gasteiger partial charge in [-0.3, -0.25) is 9.59 Å². The van der Waals surface area contributed by atoms with Crippen molar-refractivity contribution in [2.75, 3.05) is 6.61 Å². The molecule has 3 aliphatic rings. The summed E-state index contributed by atoms with van der Waals surface area (Å²) in [5, 5.41) is 12.4. The predicted octanol–water partition coefficient (Wildman–Crippen LogP) is 1.19. The van der Waals surface area contributed by atoms with Gasteiger partial charge in [0.1, 0.15) is 0 Å². The van der Waals surface area contributed by atoms with Gasteiger partial charge in [0.05, 0.1) is 17.9 Å². The summed E-state index contributed by atoms with van der Waals surface area (Å²) < 4.78 is 5.47. The minimum atomic E-state index is -0.845. The number of amides is 1. The molecule has 1 saturated heterocycles. The van der Waals surface area contributed by atoms with Crippen LogP contribution >= 0.6 is 0 Å². The van der Waals surface area contributed by atoms with Crippen molar-refractivity contribution in [3.05, 3.63) is 12.2 Å². The molecule has 4 unspecified atom stereocenters. The molecule has 0 radical (unpaired) electrons. The summed E-state index contributed by atoms with van der Waals surface area (Å²) in [6.07, 6.45) is 6.55. The molecule has 5 heteroatoms.